The number of nitrogens with zero attached hydrogens (tertiary/aromatic N) is 1. The van der Waals surface area contributed by atoms with Crippen LogP contribution >= 0.6 is 0 Å². The predicted octanol–water partition coefficient (Wildman–Crippen LogP) is 2.57. The Hall–Kier alpha value is -1.23. The SMILES string of the molecule is CON(c1ccccc1)C(F)(F)F. The zero-order valence-electron chi connectivity index (χ0n) is 6.88. The van der Waals surface area contributed by atoms with Crippen LogP contribution in [-0.4, -0.2) is 13.4 Å². The zero-order chi connectivity index (χ0) is 9.90. The third-order valence-corrected chi connectivity index (χ3v) is 1.40. The van der Waals surface area contributed by atoms with Gasteiger partial charge in [0, 0.05) is 0 Å². The van der Waals surface area contributed by atoms with E-state index in [1.807, 2.05) is 0 Å². The minimum absolute atomic E-state index is 0.0440. The Bertz CT molecular complexity index is 260. The molecule has 0 aliphatic rings. The molecule has 0 saturated heterocycles. The molecule has 0 bridgehead atoms. The van der Waals surface area contributed by atoms with Gasteiger partial charge in [0.2, 0.25) is 0 Å². The van der Waals surface area contributed by atoms with Crippen LogP contribution in [0.1, 0.15) is 0 Å². The highest BCUT2D eigenvalue weighted by atomic mass is 19.4. The van der Waals surface area contributed by atoms with Gasteiger partial charge in [0.05, 0.1) is 12.8 Å². The van der Waals surface area contributed by atoms with Crippen LogP contribution in [0.15, 0.2) is 30.3 Å². The molecule has 0 fully saturated rings. The first-order valence-electron chi connectivity index (χ1n) is 3.52. The fourth-order valence-corrected chi connectivity index (χ4v) is 0.919. The number of hydrogen-bond acceptors (Lipinski definition) is 2. The second-order valence-electron chi connectivity index (χ2n) is 2.28. The number of alkyl halides is 3. The Kier molecular flexibility index (Phi) is 2.77. The summed E-state index contributed by atoms with van der Waals surface area (Å²) < 4.78 is 36.6. The lowest BCUT2D eigenvalue weighted by molar-refractivity contribution is -0.184. The van der Waals surface area contributed by atoms with E-state index in [9.17, 15) is 13.2 Å². The second kappa shape index (κ2) is 3.66. The standard InChI is InChI=1S/C8H8F3NO/c1-13-12(8(9,10)11)7-5-3-2-4-6-7/h2-6H,1H3. The molecule has 1 rings (SSSR count). The van der Waals surface area contributed by atoms with Gasteiger partial charge < -0.3 is 0 Å². The van der Waals surface area contributed by atoms with Crippen molar-refractivity contribution in [3.8, 4) is 0 Å². The van der Waals surface area contributed by atoms with E-state index in [2.05, 4.69) is 4.84 Å². The maximum absolute atomic E-state index is 12.2. The molecule has 0 N–H and O–H groups in total. The molecule has 0 saturated carbocycles. The molecule has 2 nitrogen and oxygen atoms in total. The fraction of sp³-hybridized carbons (Fsp3) is 0.250. The van der Waals surface area contributed by atoms with Gasteiger partial charge in [-0.3, -0.25) is 4.84 Å². The van der Waals surface area contributed by atoms with Crippen molar-refractivity contribution in [3.63, 3.8) is 0 Å². The Labute approximate surface area is 73.5 Å². The Morgan fingerprint density at radius 1 is 1.15 bits per heavy atom. The number of benzene rings is 1. The first-order chi connectivity index (χ1) is 6.05. The van der Waals surface area contributed by atoms with E-state index in [0.29, 0.717) is 0 Å². The van der Waals surface area contributed by atoms with Gasteiger partial charge in [-0.15, -0.1) is 13.2 Å². The largest absolute Gasteiger partial charge is 0.508 e. The molecule has 13 heavy (non-hydrogen) atoms. The van der Waals surface area contributed by atoms with E-state index in [4.69, 9.17) is 0 Å². The molecule has 0 amide bonds. The molecule has 1 aromatic rings. The quantitative estimate of drug-likeness (QED) is 0.526. The summed E-state index contributed by atoms with van der Waals surface area (Å²) >= 11 is 0. The molecular formula is C8H8F3NO. The van der Waals surface area contributed by atoms with Crippen molar-refractivity contribution in [2.45, 2.75) is 6.30 Å². The van der Waals surface area contributed by atoms with Crippen LogP contribution in [0.2, 0.25) is 0 Å². The zero-order valence-corrected chi connectivity index (χ0v) is 6.88. The first kappa shape index (κ1) is 9.85. The molecule has 1 aromatic carbocycles. The molecule has 0 aliphatic heterocycles. The van der Waals surface area contributed by atoms with Crippen LogP contribution < -0.4 is 5.06 Å². The highest BCUT2D eigenvalue weighted by molar-refractivity contribution is 5.43. The predicted molar refractivity (Wildman–Crippen MR) is 42.0 cm³/mol. The molecule has 0 aliphatic carbocycles. The van der Waals surface area contributed by atoms with Crippen molar-refractivity contribution in [3.05, 3.63) is 30.3 Å². The summed E-state index contributed by atoms with van der Waals surface area (Å²) in [6.07, 6.45) is -4.52. The van der Waals surface area contributed by atoms with Gasteiger partial charge in [-0.2, -0.15) is 5.06 Å². The van der Waals surface area contributed by atoms with Crippen molar-refractivity contribution in [2.75, 3.05) is 12.2 Å². The number of anilines is 1. The highest BCUT2D eigenvalue weighted by Gasteiger charge is 2.38. The number of rotatable bonds is 2. The van der Waals surface area contributed by atoms with E-state index in [0.717, 1.165) is 7.11 Å². The van der Waals surface area contributed by atoms with Crippen molar-refractivity contribution in [1.29, 1.82) is 0 Å². The lowest BCUT2D eigenvalue weighted by Crippen LogP contribution is -2.36. The average Bonchev–Trinajstić information content (AvgIpc) is 2.05. The van der Waals surface area contributed by atoms with Gasteiger partial charge in [-0.05, 0) is 12.1 Å². The smallest absolute Gasteiger partial charge is 0.269 e. The lowest BCUT2D eigenvalue weighted by atomic mass is 10.3. The Morgan fingerprint density at radius 3 is 2.08 bits per heavy atom. The fourth-order valence-electron chi connectivity index (χ4n) is 0.919. The average molecular weight is 191 g/mol. The molecule has 0 aromatic heterocycles. The Morgan fingerprint density at radius 2 is 1.69 bits per heavy atom. The lowest BCUT2D eigenvalue weighted by Gasteiger charge is -2.23. The number of hydrogen-bond donors (Lipinski definition) is 0. The molecule has 72 valence electrons. The van der Waals surface area contributed by atoms with E-state index in [1.54, 1.807) is 6.07 Å². The summed E-state index contributed by atoms with van der Waals surface area (Å²) in [6.45, 7) is 0. The van der Waals surface area contributed by atoms with Crippen molar-refractivity contribution < 1.29 is 18.0 Å². The van der Waals surface area contributed by atoms with Gasteiger partial charge in [-0.25, -0.2) is 0 Å². The molecule has 0 radical (unpaired) electrons. The summed E-state index contributed by atoms with van der Waals surface area (Å²) in [5.41, 5.74) is -0.0440. The van der Waals surface area contributed by atoms with Gasteiger partial charge >= 0.3 is 6.30 Å². The van der Waals surface area contributed by atoms with Gasteiger partial charge in [-0.1, -0.05) is 18.2 Å². The second-order valence-corrected chi connectivity index (χ2v) is 2.28. The van der Waals surface area contributed by atoms with E-state index >= 15 is 0 Å². The molecule has 0 heterocycles. The number of halogens is 3. The summed E-state index contributed by atoms with van der Waals surface area (Å²) in [4.78, 5) is 4.21. The maximum atomic E-state index is 12.2. The molecule has 5 heteroatoms. The first-order valence-corrected chi connectivity index (χ1v) is 3.52. The molecule has 0 unspecified atom stereocenters. The Balaban J connectivity index is 2.92. The highest BCUT2D eigenvalue weighted by Crippen LogP contribution is 2.27. The van der Waals surface area contributed by atoms with Crippen molar-refractivity contribution in [2.24, 2.45) is 0 Å². The van der Waals surface area contributed by atoms with Crippen LogP contribution in [0.5, 0.6) is 0 Å². The van der Waals surface area contributed by atoms with Crippen LogP contribution in [0.3, 0.4) is 0 Å². The van der Waals surface area contributed by atoms with E-state index in [1.165, 1.54) is 24.3 Å². The minimum Gasteiger partial charge on any atom is -0.269 e. The summed E-state index contributed by atoms with van der Waals surface area (Å²) in [7, 11) is 0.973. The van der Waals surface area contributed by atoms with Gasteiger partial charge in [0.25, 0.3) is 0 Å². The molecule has 0 spiro atoms. The van der Waals surface area contributed by atoms with Gasteiger partial charge in [0.1, 0.15) is 0 Å². The maximum Gasteiger partial charge on any atom is 0.508 e. The van der Waals surface area contributed by atoms with Crippen molar-refractivity contribution >= 4 is 5.69 Å². The topological polar surface area (TPSA) is 12.5 Å². The molecular weight excluding hydrogens is 183 g/mol. The number of hydroxylamine groups is 1. The van der Waals surface area contributed by atoms with Crippen LogP contribution in [-0.2, 0) is 4.84 Å². The third kappa shape index (κ3) is 2.35. The normalized spacial score (nSPS) is 11.4. The van der Waals surface area contributed by atoms with Crippen LogP contribution in [0.4, 0.5) is 18.9 Å². The summed E-state index contributed by atoms with van der Waals surface area (Å²) in [5.74, 6) is 0. The summed E-state index contributed by atoms with van der Waals surface area (Å²) in [6, 6.07) is 7.28. The minimum atomic E-state index is -4.52. The van der Waals surface area contributed by atoms with Gasteiger partial charge in [0.15, 0.2) is 0 Å². The number of para-hydroxylation sites is 1. The molecule has 0 atom stereocenters. The third-order valence-electron chi connectivity index (χ3n) is 1.40. The van der Waals surface area contributed by atoms with E-state index in [-0.39, 0.29) is 10.8 Å². The summed E-state index contributed by atoms with van der Waals surface area (Å²) in [5, 5.41) is -0.104. The van der Waals surface area contributed by atoms with Crippen LogP contribution in [0, 0.1) is 0 Å². The van der Waals surface area contributed by atoms with E-state index < -0.39 is 6.30 Å². The monoisotopic (exact) mass is 191 g/mol. The van der Waals surface area contributed by atoms with Crippen molar-refractivity contribution in [1.82, 2.24) is 0 Å². The van der Waals surface area contributed by atoms with Crippen LogP contribution in [0.25, 0.3) is 0 Å².